The van der Waals surface area contributed by atoms with E-state index in [4.69, 9.17) is 9.26 Å². The zero-order chi connectivity index (χ0) is 25.0. The zero-order valence-corrected chi connectivity index (χ0v) is 20.2. The quantitative estimate of drug-likeness (QED) is 0.519. The highest BCUT2D eigenvalue weighted by Crippen LogP contribution is 2.30. The molecule has 0 aliphatic carbocycles. The van der Waals surface area contributed by atoms with Gasteiger partial charge in [0, 0.05) is 36.3 Å². The number of methoxy groups -OCH3 is 1. The van der Waals surface area contributed by atoms with Crippen molar-refractivity contribution < 1.29 is 26.9 Å². The van der Waals surface area contributed by atoms with Crippen LogP contribution in [0.25, 0.3) is 12.2 Å². The molecule has 0 saturated carbocycles. The maximum Gasteiger partial charge on any atom is 0.248 e. The van der Waals surface area contributed by atoms with Crippen molar-refractivity contribution in [2.75, 3.05) is 25.5 Å². The molecule has 1 aliphatic rings. The third-order valence-electron chi connectivity index (χ3n) is 5.91. The Morgan fingerprint density at radius 1 is 1.17 bits per heavy atom. The van der Waals surface area contributed by atoms with Crippen LogP contribution in [0, 0.1) is 18.7 Å². The summed E-state index contributed by atoms with van der Waals surface area (Å²) in [5.41, 5.74) is 1.14. The molecule has 3 aromatic rings. The number of sulfonamides is 1. The number of amides is 1. The van der Waals surface area contributed by atoms with E-state index in [1.54, 1.807) is 56.5 Å². The number of aromatic nitrogens is 1. The SMILES string of the molecule is COc1cccc(NC(=O)C2CCN(S(=O)(=O)c3c(C)noc3C=Cc3ccccc3F)CC2)c1. The summed E-state index contributed by atoms with van der Waals surface area (Å²) in [6.45, 7) is 1.91. The van der Waals surface area contributed by atoms with E-state index in [1.165, 1.54) is 22.5 Å². The zero-order valence-electron chi connectivity index (χ0n) is 19.4. The minimum absolute atomic E-state index is 0.0312. The molecule has 184 valence electrons. The Kier molecular flexibility index (Phi) is 7.32. The highest BCUT2D eigenvalue weighted by Gasteiger charge is 2.36. The molecule has 8 nitrogen and oxygen atoms in total. The van der Waals surface area contributed by atoms with Gasteiger partial charge < -0.3 is 14.6 Å². The molecule has 0 unspecified atom stereocenters. The van der Waals surface area contributed by atoms with Gasteiger partial charge in [-0.2, -0.15) is 4.31 Å². The number of hydrogen-bond acceptors (Lipinski definition) is 6. The number of halogens is 1. The highest BCUT2D eigenvalue weighted by atomic mass is 32.2. The Morgan fingerprint density at radius 3 is 2.63 bits per heavy atom. The maximum atomic E-state index is 13.9. The summed E-state index contributed by atoms with van der Waals surface area (Å²) in [5, 5.41) is 6.69. The monoisotopic (exact) mass is 499 g/mol. The summed E-state index contributed by atoms with van der Waals surface area (Å²) in [5.74, 6) is -0.253. The number of nitrogens with one attached hydrogen (secondary N) is 1. The number of piperidine rings is 1. The lowest BCUT2D eigenvalue weighted by Gasteiger charge is -2.30. The topological polar surface area (TPSA) is 102 Å². The number of hydrogen-bond donors (Lipinski definition) is 1. The molecule has 1 N–H and O–H groups in total. The fourth-order valence-corrected chi connectivity index (χ4v) is 5.73. The van der Waals surface area contributed by atoms with Gasteiger partial charge in [0.25, 0.3) is 0 Å². The number of aryl methyl sites for hydroxylation is 1. The fraction of sp³-hybridized carbons (Fsp3) is 0.280. The van der Waals surface area contributed by atoms with Crippen LogP contribution < -0.4 is 10.1 Å². The van der Waals surface area contributed by atoms with Crippen molar-refractivity contribution in [3.8, 4) is 5.75 Å². The molecule has 1 fully saturated rings. The summed E-state index contributed by atoms with van der Waals surface area (Å²) < 4.78 is 52.5. The number of carbonyl (C=O) groups is 1. The molecule has 1 aliphatic heterocycles. The minimum Gasteiger partial charge on any atom is -0.497 e. The van der Waals surface area contributed by atoms with Crippen LogP contribution in [0.5, 0.6) is 5.75 Å². The first-order valence-electron chi connectivity index (χ1n) is 11.1. The number of carbonyl (C=O) groups excluding carboxylic acids is 1. The molecule has 0 bridgehead atoms. The molecule has 0 radical (unpaired) electrons. The molecular formula is C25H26FN3O5S. The van der Waals surface area contributed by atoms with Crippen LogP contribution in [-0.2, 0) is 14.8 Å². The predicted octanol–water partition coefficient (Wildman–Crippen LogP) is 4.34. The van der Waals surface area contributed by atoms with Gasteiger partial charge in [-0.1, -0.05) is 29.4 Å². The smallest absolute Gasteiger partial charge is 0.248 e. The molecule has 35 heavy (non-hydrogen) atoms. The fourth-order valence-electron chi connectivity index (χ4n) is 4.01. The summed E-state index contributed by atoms with van der Waals surface area (Å²) in [6, 6.07) is 13.2. The summed E-state index contributed by atoms with van der Waals surface area (Å²) in [6.07, 6.45) is 3.60. The van der Waals surface area contributed by atoms with E-state index in [2.05, 4.69) is 10.5 Å². The van der Waals surface area contributed by atoms with Gasteiger partial charge in [-0.3, -0.25) is 4.79 Å². The van der Waals surface area contributed by atoms with Crippen LogP contribution >= 0.6 is 0 Å². The molecule has 0 atom stereocenters. The van der Waals surface area contributed by atoms with Gasteiger partial charge >= 0.3 is 0 Å². The van der Waals surface area contributed by atoms with Gasteiger partial charge in [-0.25, -0.2) is 12.8 Å². The van der Waals surface area contributed by atoms with Crippen molar-refractivity contribution in [3.05, 3.63) is 71.4 Å². The molecule has 2 heterocycles. The lowest BCUT2D eigenvalue weighted by Crippen LogP contribution is -2.41. The summed E-state index contributed by atoms with van der Waals surface area (Å²) in [4.78, 5) is 12.7. The molecule has 1 aromatic heterocycles. The largest absolute Gasteiger partial charge is 0.497 e. The van der Waals surface area contributed by atoms with E-state index in [0.717, 1.165) is 0 Å². The van der Waals surface area contributed by atoms with E-state index in [1.807, 2.05) is 0 Å². The Morgan fingerprint density at radius 2 is 1.91 bits per heavy atom. The summed E-state index contributed by atoms with van der Waals surface area (Å²) >= 11 is 0. The van der Waals surface area contributed by atoms with E-state index in [9.17, 15) is 17.6 Å². The van der Waals surface area contributed by atoms with Gasteiger partial charge in [0.1, 0.15) is 17.3 Å². The van der Waals surface area contributed by atoms with E-state index in [-0.39, 0.29) is 41.3 Å². The van der Waals surface area contributed by atoms with Gasteiger partial charge in [0.05, 0.1) is 7.11 Å². The lowest BCUT2D eigenvalue weighted by molar-refractivity contribution is -0.120. The molecule has 10 heteroatoms. The minimum atomic E-state index is -3.93. The molecule has 0 spiro atoms. The van der Waals surface area contributed by atoms with Crippen LogP contribution in [-0.4, -0.2) is 44.0 Å². The van der Waals surface area contributed by atoms with E-state index >= 15 is 0 Å². The van der Waals surface area contributed by atoms with Crippen molar-refractivity contribution in [1.82, 2.24) is 9.46 Å². The van der Waals surface area contributed by atoms with Crippen molar-refractivity contribution in [1.29, 1.82) is 0 Å². The molecule has 2 aromatic carbocycles. The second kappa shape index (κ2) is 10.4. The van der Waals surface area contributed by atoms with E-state index < -0.39 is 15.8 Å². The highest BCUT2D eigenvalue weighted by molar-refractivity contribution is 7.89. The average molecular weight is 500 g/mol. The van der Waals surface area contributed by atoms with Crippen molar-refractivity contribution in [3.63, 3.8) is 0 Å². The Balaban J connectivity index is 1.45. The first-order chi connectivity index (χ1) is 16.8. The Labute approximate surface area is 203 Å². The first kappa shape index (κ1) is 24.6. The molecule has 1 saturated heterocycles. The lowest BCUT2D eigenvalue weighted by atomic mass is 9.97. The van der Waals surface area contributed by atoms with Crippen LogP contribution in [0.1, 0.15) is 29.9 Å². The van der Waals surface area contributed by atoms with Crippen LogP contribution in [0.15, 0.2) is 57.9 Å². The van der Waals surface area contributed by atoms with Gasteiger partial charge in [-0.05, 0) is 50.1 Å². The van der Waals surface area contributed by atoms with Crippen molar-refractivity contribution in [2.45, 2.75) is 24.7 Å². The van der Waals surface area contributed by atoms with Crippen molar-refractivity contribution >= 4 is 33.8 Å². The van der Waals surface area contributed by atoms with Gasteiger partial charge in [0.15, 0.2) is 10.7 Å². The third-order valence-corrected chi connectivity index (χ3v) is 7.97. The number of rotatable bonds is 7. The van der Waals surface area contributed by atoms with Crippen LogP contribution in [0.4, 0.5) is 10.1 Å². The number of ether oxygens (including phenoxy) is 1. The number of benzene rings is 2. The Hall–Kier alpha value is -3.50. The van der Waals surface area contributed by atoms with Crippen molar-refractivity contribution in [2.24, 2.45) is 5.92 Å². The third kappa shape index (κ3) is 5.44. The maximum absolute atomic E-state index is 13.9. The molecule has 4 rings (SSSR count). The average Bonchev–Trinajstić information content (AvgIpc) is 3.24. The number of nitrogens with zero attached hydrogens (tertiary/aromatic N) is 2. The standard InChI is InChI=1S/C25H26FN3O5S/c1-17-24(23(34-28-17)11-10-18-6-3-4-9-22(18)26)35(31,32)29-14-12-19(13-15-29)25(30)27-20-7-5-8-21(16-20)33-2/h3-11,16,19H,12-15H2,1-2H3,(H,27,30). The Bertz CT molecular complexity index is 1340. The number of anilines is 1. The molecular weight excluding hydrogens is 473 g/mol. The normalized spacial score (nSPS) is 15.4. The first-order valence-corrected chi connectivity index (χ1v) is 12.6. The van der Waals surface area contributed by atoms with Gasteiger partial charge in [-0.15, -0.1) is 0 Å². The second-order valence-electron chi connectivity index (χ2n) is 8.22. The second-order valence-corrected chi connectivity index (χ2v) is 10.1. The van der Waals surface area contributed by atoms with Crippen LogP contribution in [0.3, 0.4) is 0 Å². The predicted molar refractivity (Wildman–Crippen MR) is 130 cm³/mol. The molecule has 1 amide bonds. The van der Waals surface area contributed by atoms with Crippen LogP contribution in [0.2, 0.25) is 0 Å². The summed E-state index contributed by atoms with van der Waals surface area (Å²) in [7, 11) is -2.38. The van der Waals surface area contributed by atoms with E-state index in [0.29, 0.717) is 29.8 Å². The van der Waals surface area contributed by atoms with Gasteiger partial charge in [0.2, 0.25) is 15.9 Å².